The molecule has 0 radical (unpaired) electrons. The van der Waals surface area contributed by atoms with Crippen molar-refractivity contribution in [3.05, 3.63) is 42.2 Å². The number of nitrogens with two attached hydrogens (primary N) is 1. The molecule has 3 aromatic rings. The summed E-state index contributed by atoms with van der Waals surface area (Å²) in [6, 6.07) is 8.44. The number of hydrazine groups is 1. The van der Waals surface area contributed by atoms with Gasteiger partial charge in [-0.1, -0.05) is 0 Å². The molecule has 0 bridgehead atoms. The number of rotatable bonds is 7. The fourth-order valence-corrected chi connectivity index (χ4v) is 3.00. The molecule has 0 saturated carbocycles. The molecule has 10 heteroatoms. The topological polar surface area (TPSA) is 91.4 Å². The number of nitrogen functional groups attached to an aromatic ring is 1. The van der Waals surface area contributed by atoms with Crippen LogP contribution in [0.25, 0.3) is 16.7 Å². The summed E-state index contributed by atoms with van der Waals surface area (Å²) in [4.78, 5) is 16.8. The van der Waals surface area contributed by atoms with Crippen molar-refractivity contribution in [1.29, 1.82) is 0 Å². The number of nitrogens with zero attached hydrogens (tertiary/aromatic N) is 2. The maximum Gasteiger partial charge on any atom is 0.389 e. The lowest BCUT2D eigenvalue weighted by Gasteiger charge is -2.16. The van der Waals surface area contributed by atoms with Gasteiger partial charge < -0.3 is 14.9 Å². The van der Waals surface area contributed by atoms with Gasteiger partial charge in [-0.05, 0) is 18.2 Å². The number of halogens is 3. The number of carbonyl (C=O) groups is 1. The highest BCUT2D eigenvalue weighted by atomic mass is 19.4. The molecule has 29 heavy (non-hydrogen) atoms. The monoisotopic (exact) mass is 408 g/mol. The predicted molar refractivity (Wildman–Crippen MR) is 102 cm³/mol. The first-order chi connectivity index (χ1) is 13.8. The molecule has 3 rings (SSSR count). The zero-order chi connectivity index (χ0) is 21.2. The van der Waals surface area contributed by atoms with Crippen LogP contribution in [0.3, 0.4) is 0 Å². The van der Waals surface area contributed by atoms with Gasteiger partial charge in [-0.25, -0.2) is 4.98 Å². The van der Waals surface area contributed by atoms with Gasteiger partial charge in [0, 0.05) is 18.6 Å². The second kappa shape index (κ2) is 8.00. The van der Waals surface area contributed by atoms with Gasteiger partial charge in [0.15, 0.2) is 5.78 Å². The van der Waals surface area contributed by atoms with Crippen molar-refractivity contribution >= 4 is 22.5 Å². The van der Waals surface area contributed by atoms with E-state index in [2.05, 4.69) is 10.4 Å². The Morgan fingerprint density at radius 2 is 1.83 bits per heavy atom. The number of ether oxygens (including phenoxy) is 2. The molecule has 2 aromatic carbocycles. The van der Waals surface area contributed by atoms with Crippen molar-refractivity contribution < 1.29 is 27.4 Å². The largest absolute Gasteiger partial charge is 0.496 e. The molecule has 0 amide bonds. The highest BCUT2D eigenvalue weighted by Crippen LogP contribution is 2.35. The maximum absolute atomic E-state index is 12.5. The Hall–Kier alpha value is -3.27. The molecule has 0 aliphatic heterocycles. The number of Topliss-reactive ketones (excluding diaryl/α,β-unsaturated/α-hetero) is 1. The van der Waals surface area contributed by atoms with E-state index in [1.165, 1.54) is 14.2 Å². The minimum Gasteiger partial charge on any atom is -0.496 e. The number of anilines is 1. The molecular weight excluding hydrogens is 389 g/mol. The van der Waals surface area contributed by atoms with Crippen LogP contribution in [0.5, 0.6) is 11.5 Å². The number of alkyl halides is 3. The number of carbonyl (C=O) groups excluding carboxylic acids is 1. The van der Waals surface area contributed by atoms with Crippen molar-refractivity contribution in [2.75, 3.05) is 19.6 Å². The van der Waals surface area contributed by atoms with Gasteiger partial charge in [-0.3, -0.25) is 15.2 Å². The summed E-state index contributed by atoms with van der Waals surface area (Å²) in [6.07, 6.45) is -4.77. The summed E-state index contributed by atoms with van der Waals surface area (Å²) in [7, 11) is 2.68. The van der Waals surface area contributed by atoms with E-state index in [1.54, 1.807) is 41.2 Å². The quantitative estimate of drug-likeness (QED) is 0.351. The Morgan fingerprint density at radius 3 is 2.38 bits per heavy atom. The molecule has 1 aromatic heterocycles. The lowest BCUT2D eigenvalue weighted by molar-refractivity contribution is -0.133. The van der Waals surface area contributed by atoms with E-state index in [1.807, 2.05) is 0 Å². The number of benzene rings is 2. The third-order valence-corrected chi connectivity index (χ3v) is 4.40. The Labute approximate surface area is 164 Å². The van der Waals surface area contributed by atoms with E-state index in [-0.39, 0.29) is 17.1 Å². The molecule has 0 unspecified atom stereocenters. The first-order valence-electron chi connectivity index (χ1n) is 8.57. The van der Waals surface area contributed by atoms with Crippen LogP contribution in [0.2, 0.25) is 0 Å². The van der Waals surface area contributed by atoms with Crippen molar-refractivity contribution in [2.24, 2.45) is 5.84 Å². The van der Waals surface area contributed by atoms with Crippen molar-refractivity contribution in [3.8, 4) is 17.2 Å². The van der Waals surface area contributed by atoms with E-state index >= 15 is 0 Å². The number of ketones is 1. The number of hydrogen-bond acceptors (Lipinski definition) is 6. The molecule has 0 aliphatic rings. The van der Waals surface area contributed by atoms with Gasteiger partial charge in [0.05, 0.1) is 43.0 Å². The van der Waals surface area contributed by atoms with E-state index in [0.29, 0.717) is 16.9 Å². The summed E-state index contributed by atoms with van der Waals surface area (Å²) in [5, 5.41) is 0. The van der Waals surface area contributed by atoms with Crippen molar-refractivity contribution in [1.82, 2.24) is 9.55 Å². The lowest BCUT2D eigenvalue weighted by Crippen LogP contribution is -2.13. The third kappa shape index (κ3) is 4.27. The van der Waals surface area contributed by atoms with E-state index in [0.717, 1.165) is 5.52 Å². The fourth-order valence-electron chi connectivity index (χ4n) is 3.00. The number of nitrogens with one attached hydrogen (secondary N) is 1. The van der Waals surface area contributed by atoms with Crippen LogP contribution in [-0.4, -0.2) is 35.7 Å². The summed E-state index contributed by atoms with van der Waals surface area (Å²) in [5.74, 6) is 4.94. The third-order valence-electron chi connectivity index (χ3n) is 4.40. The molecule has 0 saturated heterocycles. The van der Waals surface area contributed by atoms with Crippen LogP contribution in [0.15, 0.2) is 36.7 Å². The van der Waals surface area contributed by atoms with Crippen LogP contribution in [0, 0.1) is 0 Å². The smallest absolute Gasteiger partial charge is 0.389 e. The van der Waals surface area contributed by atoms with Crippen molar-refractivity contribution in [3.63, 3.8) is 0 Å². The van der Waals surface area contributed by atoms with Crippen LogP contribution in [0.1, 0.15) is 23.2 Å². The number of aromatic nitrogens is 2. The van der Waals surface area contributed by atoms with Crippen LogP contribution in [-0.2, 0) is 0 Å². The van der Waals surface area contributed by atoms with E-state index in [9.17, 15) is 18.0 Å². The van der Waals surface area contributed by atoms with Crippen LogP contribution < -0.4 is 20.7 Å². The van der Waals surface area contributed by atoms with Crippen LogP contribution >= 0.6 is 0 Å². The molecule has 0 atom stereocenters. The standard InChI is InChI=1S/C19H19F3N4O3/c1-28-16-8-12(26-10-24-13-7-11(25-23)3-4-14(13)26)9-17(29-2)18(16)15(27)5-6-19(20,21)22/h3-4,7-10,25H,5-6,23H2,1-2H3. The Morgan fingerprint density at radius 1 is 1.17 bits per heavy atom. The summed E-state index contributed by atoms with van der Waals surface area (Å²) >= 11 is 0. The van der Waals surface area contributed by atoms with Crippen molar-refractivity contribution in [2.45, 2.75) is 19.0 Å². The average molecular weight is 408 g/mol. The first kappa shape index (κ1) is 20.5. The molecule has 0 aliphatic carbocycles. The number of methoxy groups -OCH3 is 2. The number of hydrogen-bond donors (Lipinski definition) is 2. The summed E-state index contributed by atoms with van der Waals surface area (Å²) in [6.45, 7) is 0. The normalized spacial score (nSPS) is 11.5. The first-order valence-corrected chi connectivity index (χ1v) is 8.57. The van der Waals surface area contributed by atoms with Gasteiger partial charge in [-0.15, -0.1) is 0 Å². The highest BCUT2D eigenvalue weighted by Gasteiger charge is 2.30. The molecule has 154 valence electrons. The highest BCUT2D eigenvalue weighted by molar-refractivity contribution is 6.02. The maximum atomic E-state index is 12.5. The van der Waals surface area contributed by atoms with Gasteiger partial charge in [0.2, 0.25) is 0 Å². The minimum absolute atomic E-state index is 0.0259. The summed E-state index contributed by atoms with van der Waals surface area (Å²) < 4.78 is 49.8. The van der Waals surface area contributed by atoms with Gasteiger partial charge in [0.25, 0.3) is 0 Å². The number of fused-ring (bicyclic) bond motifs is 1. The van der Waals surface area contributed by atoms with Gasteiger partial charge in [-0.2, -0.15) is 13.2 Å². The zero-order valence-electron chi connectivity index (χ0n) is 15.7. The average Bonchev–Trinajstić information content (AvgIpc) is 3.13. The Kier molecular flexibility index (Phi) is 5.64. The fraction of sp³-hybridized carbons (Fsp3) is 0.263. The minimum atomic E-state index is -4.43. The number of imidazole rings is 1. The molecule has 3 N–H and O–H groups in total. The predicted octanol–water partition coefficient (Wildman–Crippen LogP) is 3.85. The van der Waals surface area contributed by atoms with Crippen LogP contribution in [0.4, 0.5) is 18.9 Å². The Bertz CT molecular complexity index is 1020. The Balaban J connectivity index is 2.05. The molecule has 7 nitrogen and oxygen atoms in total. The van der Waals surface area contributed by atoms with Gasteiger partial charge in [0.1, 0.15) is 23.4 Å². The SMILES string of the molecule is COc1cc(-n2cnc3cc(NN)ccc32)cc(OC)c1C(=O)CCC(F)(F)F. The molecular formula is C19H19F3N4O3. The molecule has 1 heterocycles. The molecule has 0 spiro atoms. The second-order valence-corrected chi connectivity index (χ2v) is 6.23. The molecule has 0 fully saturated rings. The second-order valence-electron chi connectivity index (χ2n) is 6.23. The lowest BCUT2D eigenvalue weighted by atomic mass is 10.0. The van der Waals surface area contributed by atoms with E-state index < -0.39 is 24.8 Å². The van der Waals surface area contributed by atoms with E-state index in [4.69, 9.17) is 15.3 Å². The van der Waals surface area contributed by atoms with Gasteiger partial charge >= 0.3 is 6.18 Å². The summed E-state index contributed by atoms with van der Waals surface area (Å²) in [5.41, 5.74) is 5.19. The zero-order valence-corrected chi connectivity index (χ0v) is 15.7.